The monoisotopic (exact) mass is 495 g/mol. The summed E-state index contributed by atoms with van der Waals surface area (Å²) in [5, 5.41) is 14.2. The summed E-state index contributed by atoms with van der Waals surface area (Å²) in [6.45, 7) is 0.826. The summed E-state index contributed by atoms with van der Waals surface area (Å²) in [6.07, 6.45) is -5.32. The molecular weight excluding hydrogens is 480 g/mol. The molecular formula is C20H15F6N9. The summed E-state index contributed by atoms with van der Waals surface area (Å²) in [6, 6.07) is 3.20. The molecule has 3 heterocycles. The standard InChI is InChI=1S/C20H15F6N9/c1-10(19(21,22)23)30-16-33-15(12-7-28-8-14(32-12)20(24,25)26)34-17(35-16)31-11-2-5-29-13(6-11)18(9-27)3-4-18/h2,5-8,10H,3-4H2,1H3,(H2,29,30,31,33,34,35). The highest BCUT2D eigenvalue weighted by atomic mass is 19.4. The molecule has 0 amide bonds. The summed E-state index contributed by atoms with van der Waals surface area (Å²) in [7, 11) is 0. The van der Waals surface area contributed by atoms with Crippen molar-refractivity contribution in [2.75, 3.05) is 10.6 Å². The van der Waals surface area contributed by atoms with Gasteiger partial charge in [0, 0.05) is 11.9 Å². The number of pyridine rings is 1. The van der Waals surface area contributed by atoms with E-state index in [1.54, 1.807) is 6.07 Å². The SMILES string of the molecule is CC(Nc1nc(Nc2ccnc(C3(C#N)CC3)c2)nc(-c2cncc(C(F)(F)F)n2)n1)C(F)(F)F. The maximum atomic E-state index is 13.1. The molecule has 1 fully saturated rings. The van der Waals surface area contributed by atoms with Crippen LogP contribution in [0.2, 0.25) is 0 Å². The number of hydrogen-bond acceptors (Lipinski definition) is 9. The van der Waals surface area contributed by atoms with Crippen LogP contribution < -0.4 is 10.6 Å². The first-order valence-electron chi connectivity index (χ1n) is 10.0. The number of hydrogen-bond donors (Lipinski definition) is 2. The van der Waals surface area contributed by atoms with Gasteiger partial charge in [0.1, 0.15) is 11.7 Å². The minimum atomic E-state index is -4.81. The van der Waals surface area contributed by atoms with Crippen LogP contribution in [0, 0.1) is 11.3 Å². The topological polar surface area (TPSA) is 125 Å². The van der Waals surface area contributed by atoms with E-state index in [2.05, 4.69) is 46.6 Å². The van der Waals surface area contributed by atoms with E-state index in [1.807, 2.05) is 0 Å². The van der Waals surface area contributed by atoms with Gasteiger partial charge in [0.05, 0.1) is 29.6 Å². The molecule has 1 atom stereocenters. The Morgan fingerprint density at radius 1 is 1.03 bits per heavy atom. The predicted octanol–water partition coefficient (Wildman–Crippen LogP) is 4.40. The molecule has 3 aromatic rings. The first-order valence-corrected chi connectivity index (χ1v) is 10.0. The third kappa shape index (κ3) is 5.36. The third-order valence-corrected chi connectivity index (χ3v) is 5.10. The Labute approximate surface area is 193 Å². The van der Waals surface area contributed by atoms with Crippen LogP contribution in [0.5, 0.6) is 0 Å². The molecule has 182 valence electrons. The van der Waals surface area contributed by atoms with E-state index in [1.165, 1.54) is 12.3 Å². The summed E-state index contributed by atoms with van der Waals surface area (Å²) >= 11 is 0. The zero-order chi connectivity index (χ0) is 25.4. The van der Waals surface area contributed by atoms with E-state index in [4.69, 9.17) is 0 Å². The van der Waals surface area contributed by atoms with E-state index in [0.717, 1.165) is 13.1 Å². The van der Waals surface area contributed by atoms with Crippen molar-refractivity contribution in [2.24, 2.45) is 0 Å². The molecule has 1 unspecified atom stereocenters. The Morgan fingerprint density at radius 3 is 2.37 bits per heavy atom. The largest absolute Gasteiger partial charge is 0.434 e. The Bertz CT molecular complexity index is 1280. The molecule has 0 bridgehead atoms. The second-order valence-electron chi connectivity index (χ2n) is 7.75. The van der Waals surface area contributed by atoms with Crippen molar-refractivity contribution in [3.05, 3.63) is 42.1 Å². The molecule has 0 saturated heterocycles. The quantitative estimate of drug-likeness (QED) is 0.479. The molecule has 0 aromatic carbocycles. The van der Waals surface area contributed by atoms with Crippen LogP contribution in [-0.4, -0.2) is 42.1 Å². The van der Waals surface area contributed by atoms with Crippen molar-refractivity contribution in [3.63, 3.8) is 0 Å². The van der Waals surface area contributed by atoms with Gasteiger partial charge in [0.25, 0.3) is 0 Å². The van der Waals surface area contributed by atoms with Gasteiger partial charge in [-0.05, 0) is 31.9 Å². The Balaban J connectivity index is 1.72. The Morgan fingerprint density at radius 2 is 1.74 bits per heavy atom. The van der Waals surface area contributed by atoms with E-state index in [9.17, 15) is 31.6 Å². The molecule has 35 heavy (non-hydrogen) atoms. The van der Waals surface area contributed by atoms with Crippen LogP contribution in [0.3, 0.4) is 0 Å². The average Bonchev–Trinajstić information content (AvgIpc) is 3.59. The molecule has 9 nitrogen and oxygen atoms in total. The fraction of sp³-hybridized carbons (Fsp3) is 0.350. The van der Waals surface area contributed by atoms with Crippen molar-refractivity contribution in [1.82, 2.24) is 29.9 Å². The highest BCUT2D eigenvalue weighted by molar-refractivity contribution is 5.59. The highest BCUT2D eigenvalue weighted by Gasteiger charge is 2.46. The lowest BCUT2D eigenvalue weighted by Gasteiger charge is -2.18. The molecule has 3 aromatic heterocycles. The van der Waals surface area contributed by atoms with E-state index in [-0.39, 0.29) is 5.95 Å². The summed E-state index contributed by atoms with van der Waals surface area (Å²) in [5.41, 5.74) is -1.60. The molecule has 0 aliphatic heterocycles. The number of nitrogens with zero attached hydrogens (tertiary/aromatic N) is 7. The average molecular weight is 495 g/mol. The van der Waals surface area contributed by atoms with Gasteiger partial charge in [-0.3, -0.25) is 9.97 Å². The van der Waals surface area contributed by atoms with Crippen LogP contribution in [0.1, 0.15) is 31.2 Å². The maximum absolute atomic E-state index is 13.1. The number of rotatable bonds is 6. The molecule has 0 spiro atoms. The van der Waals surface area contributed by atoms with Gasteiger partial charge in [0.15, 0.2) is 11.5 Å². The minimum absolute atomic E-state index is 0.273. The number of alkyl halides is 6. The van der Waals surface area contributed by atoms with Gasteiger partial charge >= 0.3 is 12.4 Å². The van der Waals surface area contributed by atoms with Crippen molar-refractivity contribution < 1.29 is 26.3 Å². The first kappa shape index (κ1) is 24.0. The molecule has 15 heteroatoms. The highest BCUT2D eigenvalue weighted by Crippen LogP contribution is 2.47. The maximum Gasteiger partial charge on any atom is 0.434 e. The summed E-state index contributed by atoms with van der Waals surface area (Å²) < 4.78 is 78.4. The van der Waals surface area contributed by atoms with Crippen molar-refractivity contribution in [3.8, 4) is 17.6 Å². The number of halogens is 6. The van der Waals surface area contributed by atoms with E-state index >= 15 is 0 Å². The van der Waals surface area contributed by atoms with Gasteiger partial charge in [-0.1, -0.05) is 0 Å². The normalized spacial score (nSPS) is 15.7. The van der Waals surface area contributed by atoms with E-state index < -0.39 is 47.0 Å². The minimum Gasteiger partial charge on any atom is -0.343 e. The smallest absolute Gasteiger partial charge is 0.343 e. The first-order chi connectivity index (χ1) is 16.4. The summed E-state index contributed by atoms with van der Waals surface area (Å²) in [4.78, 5) is 22.8. The van der Waals surface area contributed by atoms with Crippen LogP contribution in [0.15, 0.2) is 30.7 Å². The number of nitrogens with one attached hydrogen (secondary N) is 2. The van der Waals surface area contributed by atoms with Crippen LogP contribution in [0.25, 0.3) is 11.5 Å². The van der Waals surface area contributed by atoms with Gasteiger partial charge in [-0.25, -0.2) is 4.98 Å². The third-order valence-electron chi connectivity index (χ3n) is 5.10. The van der Waals surface area contributed by atoms with Crippen molar-refractivity contribution in [2.45, 2.75) is 43.6 Å². The number of aromatic nitrogens is 6. The second kappa shape index (κ2) is 8.60. The fourth-order valence-corrected chi connectivity index (χ4v) is 2.95. The lowest BCUT2D eigenvalue weighted by Crippen LogP contribution is -2.34. The molecule has 4 rings (SSSR count). The molecule has 0 radical (unpaired) electrons. The van der Waals surface area contributed by atoms with Gasteiger partial charge in [-0.15, -0.1) is 0 Å². The van der Waals surface area contributed by atoms with E-state index in [0.29, 0.717) is 30.4 Å². The van der Waals surface area contributed by atoms with Crippen LogP contribution in [0.4, 0.5) is 43.9 Å². The van der Waals surface area contributed by atoms with Gasteiger partial charge in [0.2, 0.25) is 11.9 Å². The Hall–Kier alpha value is -4.09. The van der Waals surface area contributed by atoms with Crippen molar-refractivity contribution in [1.29, 1.82) is 5.26 Å². The lowest BCUT2D eigenvalue weighted by molar-refractivity contribution is -0.141. The van der Waals surface area contributed by atoms with Gasteiger partial charge < -0.3 is 10.6 Å². The number of anilines is 3. The molecule has 1 aliphatic carbocycles. The molecule has 2 N–H and O–H groups in total. The molecule has 1 aliphatic rings. The van der Waals surface area contributed by atoms with Crippen molar-refractivity contribution >= 4 is 17.6 Å². The van der Waals surface area contributed by atoms with Gasteiger partial charge in [-0.2, -0.15) is 46.6 Å². The molecule has 1 saturated carbocycles. The Kier molecular flexibility index (Phi) is 5.91. The predicted molar refractivity (Wildman–Crippen MR) is 109 cm³/mol. The second-order valence-corrected chi connectivity index (χ2v) is 7.75. The number of nitriles is 1. The fourth-order valence-electron chi connectivity index (χ4n) is 2.95. The van der Waals surface area contributed by atoms with Crippen LogP contribution >= 0.6 is 0 Å². The zero-order valence-corrected chi connectivity index (χ0v) is 17.8. The zero-order valence-electron chi connectivity index (χ0n) is 17.8. The van der Waals surface area contributed by atoms with Crippen LogP contribution in [-0.2, 0) is 11.6 Å². The summed E-state index contributed by atoms with van der Waals surface area (Å²) in [5.74, 6) is -1.26. The lowest BCUT2D eigenvalue weighted by atomic mass is 10.0.